The Morgan fingerprint density at radius 1 is 1.03 bits per heavy atom. The molecule has 1 amide bonds. The van der Waals surface area contributed by atoms with E-state index in [1.54, 1.807) is 13.1 Å². The Kier molecular flexibility index (Phi) is 8.55. The van der Waals surface area contributed by atoms with E-state index in [1.807, 2.05) is 36.4 Å². The summed E-state index contributed by atoms with van der Waals surface area (Å²) in [5, 5.41) is 18.8. The molecule has 4 rings (SSSR count). The molecule has 7 heteroatoms. The molecule has 0 aliphatic carbocycles. The van der Waals surface area contributed by atoms with E-state index in [0.717, 1.165) is 42.9 Å². The number of nitriles is 1. The molecule has 1 N–H and O–H groups in total. The molecule has 0 spiro atoms. The molecular weight excluding hydrogens is 476 g/mol. The first-order chi connectivity index (χ1) is 18.3. The van der Waals surface area contributed by atoms with Crippen molar-refractivity contribution in [2.75, 3.05) is 45.7 Å². The summed E-state index contributed by atoms with van der Waals surface area (Å²) in [6.45, 7) is 2.07. The molecule has 7 nitrogen and oxygen atoms in total. The van der Waals surface area contributed by atoms with E-state index in [2.05, 4.69) is 66.4 Å². The highest BCUT2D eigenvalue weighted by Gasteiger charge is 2.38. The lowest BCUT2D eigenvalue weighted by molar-refractivity contribution is 0.115. The maximum Gasteiger partial charge on any atom is 0.407 e. The van der Waals surface area contributed by atoms with Crippen molar-refractivity contribution in [1.29, 1.82) is 5.26 Å². The molecule has 38 heavy (non-hydrogen) atoms. The number of hydrogen-bond acceptors (Lipinski definition) is 5. The standard InChI is InChI=1S/C31H36N4O3/c1-33(2)31(26-12-5-4-6-13-26)17-20-35(21-18-31)27-14-7-8-15-29(27)38-28(16-19-34(3)30(36)37)25-11-9-10-24(22-25)23-32/h4-15,22,28H,16-21H2,1-3H3,(H,36,37). The van der Waals surface area contributed by atoms with Gasteiger partial charge in [-0.15, -0.1) is 0 Å². The second-order valence-electron chi connectivity index (χ2n) is 10.1. The van der Waals surface area contributed by atoms with E-state index in [9.17, 15) is 15.2 Å². The molecule has 0 bridgehead atoms. The van der Waals surface area contributed by atoms with Gasteiger partial charge in [-0.25, -0.2) is 4.79 Å². The lowest BCUT2D eigenvalue weighted by Crippen LogP contribution is -2.50. The first-order valence-electron chi connectivity index (χ1n) is 13.0. The summed E-state index contributed by atoms with van der Waals surface area (Å²) in [6, 6.07) is 28.3. The largest absolute Gasteiger partial charge is 0.483 e. The van der Waals surface area contributed by atoms with Crippen LogP contribution in [0.2, 0.25) is 0 Å². The minimum Gasteiger partial charge on any atom is -0.483 e. The van der Waals surface area contributed by atoms with Crippen molar-refractivity contribution in [2.24, 2.45) is 0 Å². The summed E-state index contributed by atoms with van der Waals surface area (Å²) >= 11 is 0. The highest BCUT2D eigenvalue weighted by molar-refractivity contribution is 5.64. The third-order valence-electron chi connectivity index (χ3n) is 7.67. The Balaban J connectivity index is 1.58. The predicted molar refractivity (Wildman–Crippen MR) is 149 cm³/mol. The highest BCUT2D eigenvalue weighted by Crippen LogP contribution is 2.41. The summed E-state index contributed by atoms with van der Waals surface area (Å²) in [4.78, 5) is 17.4. The predicted octanol–water partition coefficient (Wildman–Crippen LogP) is 5.74. The first-order valence-corrected chi connectivity index (χ1v) is 13.0. The number of benzene rings is 3. The average Bonchev–Trinajstić information content (AvgIpc) is 2.95. The van der Waals surface area contributed by atoms with E-state index in [4.69, 9.17) is 4.74 Å². The monoisotopic (exact) mass is 512 g/mol. The van der Waals surface area contributed by atoms with Crippen molar-refractivity contribution < 1.29 is 14.6 Å². The van der Waals surface area contributed by atoms with Crippen LogP contribution in [0.15, 0.2) is 78.9 Å². The number of nitrogens with zero attached hydrogens (tertiary/aromatic N) is 4. The van der Waals surface area contributed by atoms with Crippen molar-refractivity contribution in [3.05, 3.63) is 95.6 Å². The lowest BCUT2D eigenvalue weighted by Gasteiger charge is -2.47. The van der Waals surface area contributed by atoms with Gasteiger partial charge in [0, 0.05) is 38.6 Å². The van der Waals surface area contributed by atoms with Gasteiger partial charge in [0.2, 0.25) is 0 Å². The second-order valence-corrected chi connectivity index (χ2v) is 10.1. The number of para-hydroxylation sites is 2. The molecule has 1 atom stereocenters. The number of amides is 1. The van der Waals surface area contributed by atoms with Crippen LogP contribution in [0.25, 0.3) is 0 Å². The van der Waals surface area contributed by atoms with Gasteiger partial charge in [-0.1, -0.05) is 54.6 Å². The van der Waals surface area contributed by atoms with Gasteiger partial charge >= 0.3 is 6.09 Å². The van der Waals surface area contributed by atoms with Gasteiger partial charge in [0.15, 0.2) is 0 Å². The smallest absolute Gasteiger partial charge is 0.407 e. The van der Waals surface area contributed by atoms with E-state index >= 15 is 0 Å². The fourth-order valence-electron chi connectivity index (χ4n) is 5.34. The van der Waals surface area contributed by atoms with Crippen molar-refractivity contribution in [3.63, 3.8) is 0 Å². The topological polar surface area (TPSA) is 80.0 Å². The van der Waals surface area contributed by atoms with Crippen LogP contribution < -0.4 is 9.64 Å². The normalized spacial score (nSPS) is 15.5. The van der Waals surface area contributed by atoms with Crippen molar-refractivity contribution in [3.8, 4) is 11.8 Å². The van der Waals surface area contributed by atoms with Gasteiger partial charge in [0.25, 0.3) is 0 Å². The van der Waals surface area contributed by atoms with E-state index in [-0.39, 0.29) is 5.54 Å². The third-order valence-corrected chi connectivity index (χ3v) is 7.67. The molecular formula is C31H36N4O3. The average molecular weight is 513 g/mol. The van der Waals surface area contributed by atoms with E-state index in [1.165, 1.54) is 10.5 Å². The molecule has 1 aliphatic rings. The van der Waals surface area contributed by atoms with Crippen LogP contribution in [-0.4, -0.2) is 61.8 Å². The van der Waals surface area contributed by atoms with Gasteiger partial charge in [-0.2, -0.15) is 5.26 Å². The van der Waals surface area contributed by atoms with Gasteiger partial charge < -0.3 is 19.6 Å². The maximum atomic E-state index is 11.4. The molecule has 1 unspecified atom stereocenters. The summed E-state index contributed by atoms with van der Waals surface area (Å²) < 4.78 is 6.62. The van der Waals surface area contributed by atoms with E-state index < -0.39 is 12.2 Å². The minimum atomic E-state index is -0.981. The third kappa shape index (κ3) is 5.92. The lowest BCUT2D eigenvalue weighted by atomic mass is 9.79. The fraction of sp³-hybridized carbons (Fsp3) is 0.355. The van der Waals surface area contributed by atoms with Crippen LogP contribution >= 0.6 is 0 Å². The summed E-state index contributed by atoms with van der Waals surface area (Å²) in [5.74, 6) is 0.759. The van der Waals surface area contributed by atoms with Crippen LogP contribution in [0.3, 0.4) is 0 Å². The van der Waals surface area contributed by atoms with Gasteiger partial charge in [-0.05, 0) is 62.3 Å². The summed E-state index contributed by atoms with van der Waals surface area (Å²) in [6.07, 6.45) is 1.04. The quantitative estimate of drug-likeness (QED) is 0.394. The Hall–Kier alpha value is -4.02. The minimum absolute atomic E-state index is 0.0186. The molecule has 0 aromatic heterocycles. The number of hydrogen-bond donors (Lipinski definition) is 1. The molecule has 3 aromatic rings. The Labute approximate surface area is 225 Å². The number of piperidine rings is 1. The molecule has 0 saturated carbocycles. The number of anilines is 1. The molecule has 1 aliphatic heterocycles. The zero-order valence-electron chi connectivity index (χ0n) is 22.4. The van der Waals surface area contributed by atoms with Crippen molar-refractivity contribution in [1.82, 2.24) is 9.80 Å². The Morgan fingerprint density at radius 3 is 2.37 bits per heavy atom. The SMILES string of the molecule is CN(CCC(Oc1ccccc1N1CCC(c2ccccc2)(N(C)C)CC1)c1cccc(C#N)c1)C(=O)O. The Bertz CT molecular complexity index is 1260. The molecule has 3 aromatic carbocycles. The number of ether oxygens (including phenoxy) is 1. The van der Waals surface area contributed by atoms with Crippen LogP contribution in [0.5, 0.6) is 5.75 Å². The molecule has 198 valence electrons. The summed E-state index contributed by atoms with van der Waals surface area (Å²) in [5.41, 5.74) is 3.75. The maximum absolute atomic E-state index is 11.4. The van der Waals surface area contributed by atoms with Crippen LogP contribution in [0, 0.1) is 11.3 Å². The number of carbonyl (C=O) groups is 1. The zero-order valence-corrected chi connectivity index (χ0v) is 22.4. The zero-order chi connectivity index (χ0) is 27.1. The highest BCUT2D eigenvalue weighted by atomic mass is 16.5. The molecule has 0 radical (unpaired) electrons. The van der Waals surface area contributed by atoms with Crippen LogP contribution in [0.4, 0.5) is 10.5 Å². The van der Waals surface area contributed by atoms with Gasteiger partial charge in [0.1, 0.15) is 11.9 Å². The number of carboxylic acid groups (broad SMARTS) is 1. The molecule has 1 fully saturated rings. The van der Waals surface area contributed by atoms with Gasteiger partial charge in [0.05, 0.1) is 17.3 Å². The van der Waals surface area contributed by atoms with E-state index in [0.29, 0.717) is 18.5 Å². The second kappa shape index (κ2) is 12.0. The van der Waals surface area contributed by atoms with Crippen LogP contribution in [0.1, 0.15) is 42.1 Å². The van der Waals surface area contributed by atoms with Gasteiger partial charge in [-0.3, -0.25) is 4.90 Å². The summed E-state index contributed by atoms with van der Waals surface area (Å²) in [7, 11) is 5.87. The first kappa shape index (κ1) is 27.0. The molecule has 1 heterocycles. The van der Waals surface area contributed by atoms with Crippen molar-refractivity contribution >= 4 is 11.8 Å². The van der Waals surface area contributed by atoms with Crippen molar-refractivity contribution in [2.45, 2.75) is 30.9 Å². The number of rotatable bonds is 9. The molecule has 1 saturated heterocycles. The fourth-order valence-corrected chi connectivity index (χ4v) is 5.34. The van der Waals surface area contributed by atoms with Crippen LogP contribution in [-0.2, 0) is 5.54 Å². The Morgan fingerprint density at radius 2 is 1.71 bits per heavy atom.